The molecule has 0 amide bonds. The molecular formula is C12H16ClN3O3. The van der Waals surface area contributed by atoms with E-state index < -0.39 is 11.4 Å². The fourth-order valence-corrected chi connectivity index (χ4v) is 2.54. The Labute approximate surface area is 116 Å². The molecule has 1 saturated heterocycles. The van der Waals surface area contributed by atoms with Crippen LogP contribution in [0.1, 0.15) is 19.8 Å². The summed E-state index contributed by atoms with van der Waals surface area (Å²) in [6.07, 6.45) is 2.63. The van der Waals surface area contributed by atoms with Crippen LogP contribution in [0.3, 0.4) is 0 Å². The van der Waals surface area contributed by atoms with Gasteiger partial charge in [-0.3, -0.25) is 4.79 Å². The van der Waals surface area contributed by atoms with E-state index in [1.807, 2.05) is 11.8 Å². The molecule has 0 spiro atoms. The third kappa shape index (κ3) is 2.45. The molecule has 7 heteroatoms. The van der Waals surface area contributed by atoms with Crippen LogP contribution in [0.25, 0.3) is 0 Å². The molecule has 1 atom stereocenters. The van der Waals surface area contributed by atoms with E-state index in [0.717, 1.165) is 0 Å². The maximum Gasteiger partial charge on any atom is 0.318 e. The number of halogens is 1. The topological polar surface area (TPSA) is 75.5 Å². The van der Waals surface area contributed by atoms with Crippen LogP contribution < -0.4 is 9.64 Å². The number of anilines is 1. The number of aromatic nitrogens is 2. The normalized spacial score (nSPS) is 22.6. The number of hydrogen-bond acceptors (Lipinski definition) is 5. The molecule has 1 fully saturated rings. The van der Waals surface area contributed by atoms with Crippen molar-refractivity contribution in [2.24, 2.45) is 5.41 Å². The van der Waals surface area contributed by atoms with Crippen molar-refractivity contribution in [1.82, 2.24) is 9.97 Å². The summed E-state index contributed by atoms with van der Waals surface area (Å²) in [6, 6.07) is 0.226. The maximum absolute atomic E-state index is 11.4. The van der Waals surface area contributed by atoms with Crippen LogP contribution in [-0.4, -0.2) is 41.2 Å². The van der Waals surface area contributed by atoms with Crippen LogP contribution in [0, 0.1) is 5.41 Å². The van der Waals surface area contributed by atoms with Crippen LogP contribution in [0.2, 0.25) is 5.02 Å². The molecule has 1 aromatic heterocycles. The third-order valence-electron chi connectivity index (χ3n) is 3.67. The number of nitrogens with zero attached hydrogens (tertiary/aromatic N) is 3. The van der Waals surface area contributed by atoms with Gasteiger partial charge >= 0.3 is 12.0 Å². The second-order valence-corrected chi connectivity index (χ2v) is 5.05. The van der Waals surface area contributed by atoms with Crippen LogP contribution in [0.4, 0.5) is 5.82 Å². The second-order valence-electron chi connectivity index (χ2n) is 4.64. The Balaban J connectivity index is 2.28. The van der Waals surface area contributed by atoms with Crippen molar-refractivity contribution in [2.45, 2.75) is 19.8 Å². The number of aliphatic carboxylic acids is 1. The van der Waals surface area contributed by atoms with Crippen molar-refractivity contribution in [3.05, 3.63) is 11.2 Å². The van der Waals surface area contributed by atoms with Crippen molar-refractivity contribution in [1.29, 1.82) is 0 Å². The van der Waals surface area contributed by atoms with E-state index in [1.165, 1.54) is 13.3 Å². The number of hydrogen-bond donors (Lipinski definition) is 1. The zero-order chi connectivity index (χ0) is 14.0. The summed E-state index contributed by atoms with van der Waals surface area (Å²) in [4.78, 5) is 21.4. The van der Waals surface area contributed by atoms with E-state index in [1.54, 1.807) is 0 Å². The molecule has 1 aliphatic heterocycles. The van der Waals surface area contributed by atoms with E-state index >= 15 is 0 Å². The van der Waals surface area contributed by atoms with Gasteiger partial charge in [0.25, 0.3) is 0 Å². The second kappa shape index (κ2) is 5.21. The summed E-state index contributed by atoms with van der Waals surface area (Å²) in [5.74, 6) is -0.236. The molecule has 1 aromatic rings. The van der Waals surface area contributed by atoms with Crippen LogP contribution in [0.5, 0.6) is 6.01 Å². The van der Waals surface area contributed by atoms with Crippen molar-refractivity contribution in [3.63, 3.8) is 0 Å². The van der Waals surface area contributed by atoms with E-state index in [0.29, 0.717) is 36.8 Å². The van der Waals surface area contributed by atoms with Crippen molar-refractivity contribution >= 4 is 23.4 Å². The molecule has 0 saturated carbocycles. The Kier molecular flexibility index (Phi) is 3.80. The lowest BCUT2D eigenvalue weighted by atomic mass is 9.84. The smallest absolute Gasteiger partial charge is 0.318 e. The van der Waals surface area contributed by atoms with Crippen molar-refractivity contribution < 1.29 is 14.6 Å². The minimum atomic E-state index is -0.769. The highest BCUT2D eigenvalue weighted by Crippen LogP contribution is 2.38. The SMILES string of the molecule is CCC1(C(=O)O)CCN(c2nc(OC)ncc2Cl)C1. The highest BCUT2D eigenvalue weighted by atomic mass is 35.5. The van der Waals surface area contributed by atoms with Crippen LogP contribution >= 0.6 is 11.6 Å². The standard InChI is InChI=1S/C12H16ClN3O3/c1-3-12(10(17)18)4-5-16(7-12)9-8(13)6-14-11(15-9)19-2/h6H,3-5,7H2,1-2H3,(H,17,18). The van der Waals surface area contributed by atoms with Gasteiger partial charge in [0.2, 0.25) is 0 Å². The predicted octanol–water partition coefficient (Wildman–Crippen LogP) is 1.83. The van der Waals surface area contributed by atoms with E-state index in [9.17, 15) is 9.90 Å². The summed E-state index contributed by atoms with van der Waals surface area (Å²) in [7, 11) is 1.48. The summed E-state index contributed by atoms with van der Waals surface area (Å²) < 4.78 is 4.97. The lowest BCUT2D eigenvalue weighted by Gasteiger charge is -2.24. The number of ether oxygens (including phenoxy) is 1. The number of methoxy groups -OCH3 is 1. The summed E-state index contributed by atoms with van der Waals surface area (Å²) in [5.41, 5.74) is -0.721. The van der Waals surface area contributed by atoms with Gasteiger partial charge in [0.1, 0.15) is 5.02 Å². The Hall–Kier alpha value is -1.56. The molecule has 104 valence electrons. The first kappa shape index (κ1) is 13.9. The van der Waals surface area contributed by atoms with E-state index in [2.05, 4.69) is 9.97 Å². The quantitative estimate of drug-likeness (QED) is 0.909. The van der Waals surface area contributed by atoms with Crippen molar-refractivity contribution in [2.75, 3.05) is 25.1 Å². The minimum absolute atomic E-state index is 0.226. The van der Waals surface area contributed by atoms with Gasteiger partial charge in [-0.15, -0.1) is 0 Å². The molecule has 0 aliphatic carbocycles. The van der Waals surface area contributed by atoms with Gasteiger partial charge in [-0.25, -0.2) is 4.98 Å². The van der Waals surface area contributed by atoms with E-state index in [-0.39, 0.29) is 6.01 Å². The van der Waals surface area contributed by atoms with Gasteiger partial charge in [0.05, 0.1) is 18.7 Å². The lowest BCUT2D eigenvalue weighted by molar-refractivity contribution is -0.147. The maximum atomic E-state index is 11.4. The fourth-order valence-electron chi connectivity index (χ4n) is 2.33. The average molecular weight is 286 g/mol. The van der Waals surface area contributed by atoms with Gasteiger partial charge < -0.3 is 14.7 Å². The molecule has 1 aliphatic rings. The number of carboxylic acids is 1. The van der Waals surface area contributed by atoms with Gasteiger partial charge in [0.15, 0.2) is 5.82 Å². The fraction of sp³-hybridized carbons (Fsp3) is 0.583. The molecule has 6 nitrogen and oxygen atoms in total. The average Bonchev–Trinajstić information content (AvgIpc) is 2.85. The molecule has 0 bridgehead atoms. The van der Waals surface area contributed by atoms with Crippen LogP contribution in [-0.2, 0) is 4.79 Å². The summed E-state index contributed by atoms with van der Waals surface area (Å²) >= 11 is 6.08. The first-order valence-electron chi connectivity index (χ1n) is 6.07. The third-order valence-corrected chi connectivity index (χ3v) is 3.94. The van der Waals surface area contributed by atoms with Gasteiger partial charge in [0, 0.05) is 13.1 Å². The van der Waals surface area contributed by atoms with Crippen LogP contribution in [0.15, 0.2) is 6.20 Å². The number of rotatable bonds is 4. The molecule has 2 rings (SSSR count). The van der Waals surface area contributed by atoms with Gasteiger partial charge in [-0.05, 0) is 12.8 Å². The van der Waals surface area contributed by atoms with E-state index in [4.69, 9.17) is 16.3 Å². The monoisotopic (exact) mass is 285 g/mol. The molecule has 1 unspecified atom stereocenters. The Morgan fingerprint density at radius 3 is 2.95 bits per heavy atom. The molecule has 1 N–H and O–H groups in total. The molecule has 2 heterocycles. The van der Waals surface area contributed by atoms with Crippen molar-refractivity contribution in [3.8, 4) is 6.01 Å². The number of carboxylic acid groups (broad SMARTS) is 1. The van der Waals surface area contributed by atoms with Gasteiger partial charge in [-0.1, -0.05) is 18.5 Å². The highest BCUT2D eigenvalue weighted by molar-refractivity contribution is 6.32. The Bertz CT molecular complexity index is 497. The largest absolute Gasteiger partial charge is 0.481 e. The molecule has 0 aromatic carbocycles. The predicted molar refractivity (Wildman–Crippen MR) is 70.8 cm³/mol. The molecule has 0 radical (unpaired) electrons. The lowest BCUT2D eigenvalue weighted by Crippen LogP contribution is -2.34. The zero-order valence-electron chi connectivity index (χ0n) is 10.9. The van der Waals surface area contributed by atoms with Gasteiger partial charge in [-0.2, -0.15) is 4.98 Å². The molecular weight excluding hydrogens is 270 g/mol. The Morgan fingerprint density at radius 2 is 2.42 bits per heavy atom. The molecule has 19 heavy (non-hydrogen) atoms. The zero-order valence-corrected chi connectivity index (χ0v) is 11.6. The first-order valence-corrected chi connectivity index (χ1v) is 6.45. The minimum Gasteiger partial charge on any atom is -0.481 e. The summed E-state index contributed by atoms with van der Waals surface area (Å²) in [5, 5.41) is 9.78. The highest BCUT2D eigenvalue weighted by Gasteiger charge is 2.44. The number of carbonyl (C=O) groups is 1. The summed E-state index contributed by atoms with van der Waals surface area (Å²) in [6.45, 7) is 2.90. The first-order chi connectivity index (χ1) is 9.02. The Morgan fingerprint density at radius 1 is 1.68 bits per heavy atom.